The van der Waals surface area contributed by atoms with E-state index in [0.29, 0.717) is 29.2 Å². The first-order valence-corrected chi connectivity index (χ1v) is 10.3. The second-order valence-corrected chi connectivity index (χ2v) is 9.42. The molecular formula is C14H21ClN2O2S2. The number of rotatable bonds is 4. The van der Waals surface area contributed by atoms with Crippen LogP contribution in [-0.4, -0.2) is 55.7 Å². The fourth-order valence-corrected chi connectivity index (χ4v) is 6.58. The predicted octanol–water partition coefficient (Wildman–Crippen LogP) is 2.39. The summed E-state index contributed by atoms with van der Waals surface area (Å²) in [5.74, 6) is 0.529. The van der Waals surface area contributed by atoms with E-state index in [1.807, 2.05) is 6.07 Å². The van der Waals surface area contributed by atoms with Gasteiger partial charge in [-0.1, -0.05) is 0 Å². The standard InChI is InChI=1S/C14H21ClN2O2S2/c15-7-6-13-4-5-14(20-13)21(18,19)17-10-2-9-16-8-1-3-12(16)11-17/h4-5,12H,1-3,6-11H2. The summed E-state index contributed by atoms with van der Waals surface area (Å²) in [7, 11) is -3.34. The molecule has 3 heterocycles. The van der Waals surface area contributed by atoms with Crippen LogP contribution in [0.3, 0.4) is 0 Å². The van der Waals surface area contributed by atoms with E-state index in [9.17, 15) is 8.42 Å². The van der Waals surface area contributed by atoms with Gasteiger partial charge in [0.25, 0.3) is 10.0 Å². The predicted molar refractivity (Wildman–Crippen MR) is 86.7 cm³/mol. The van der Waals surface area contributed by atoms with Gasteiger partial charge >= 0.3 is 0 Å². The number of hydrogen-bond acceptors (Lipinski definition) is 4. The Hall–Kier alpha value is -0.140. The highest BCUT2D eigenvalue weighted by Crippen LogP contribution is 2.29. The number of fused-ring (bicyclic) bond motifs is 1. The maximum absolute atomic E-state index is 12.8. The minimum atomic E-state index is -3.34. The second-order valence-electron chi connectivity index (χ2n) is 5.71. The summed E-state index contributed by atoms with van der Waals surface area (Å²) in [6.45, 7) is 3.43. The van der Waals surface area contributed by atoms with E-state index in [0.717, 1.165) is 37.2 Å². The molecule has 2 saturated heterocycles. The molecule has 0 aromatic carbocycles. The molecule has 1 aromatic heterocycles. The molecule has 3 rings (SSSR count). The second kappa shape index (κ2) is 6.54. The molecule has 0 saturated carbocycles. The van der Waals surface area contributed by atoms with Crippen molar-refractivity contribution in [3.05, 3.63) is 17.0 Å². The molecule has 1 unspecified atom stereocenters. The van der Waals surface area contributed by atoms with Crippen molar-refractivity contribution in [1.29, 1.82) is 0 Å². The van der Waals surface area contributed by atoms with E-state index < -0.39 is 10.0 Å². The molecule has 21 heavy (non-hydrogen) atoms. The Morgan fingerprint density at radius 3 is 2.86 bits per heavy atom. The van der Waals surface area contributed by atoms with E-state index in [2.05, 4.69) is 4.90 Å². The molecule has 1 atom stereocenters. The van der Waals surface area contributed by atoms with Crippen molar-refractivity contribution < 1.29 is 8.42 Å². The quantitative estimate of drug-likeness (QED) is 0.784. The molecule has 4 nitrogen and oxygen atoms in total. The number of aryl methyl sites for hydroxylation is 1. The smallest absolute Gasteiger partial charge is 0.252 e. The van der Waals surface area contributed by atoms with Crippen molar-refractivity contribution in [2.24, 2.45) is 0 Å². The Morgan fingerprint density at radius 1 is 1.24 bits per heavy atom. The molecule has 7 heteroatoms. The summed E-state index contributed by atoms with van der Waals surface area (Å²) in [4.78, 5) is 3.49. The van der Waals surface area contributed by atoms with Crippen molar-refractivity contribution >= 4 is 33.0 Å². The van der Waals surface area contributed by atoms with Crippen molar-refractivity contribution in [3.8, 4) is 0 Å². The lowest BCUT2D eigenvalue weighted by atomic mass is 10.2. The summed E-state index contributed by atoms with van der Waals surface area (Å²) in [6, 6.07) is 4.03. The lowest BCUT2D eigenvalue weighted by molar-refractivity contribution is 0.257. The molecule has 0 spiro atoms. The fraction of sp³-hybridized carbons (Fsp3) is 0.714. The van der Waals surface area contributed by atoms with Gasteiger partial charge in [-0.2, -0.15) is 4.31 Å². The van der Waals surface area contributed by atoms with Gasteiger partial charge in [0.15, 0.2) is 0 Å². The first-order valence-electron chi connectivity index (χ1n) is 7.50. The highest BCUT2D eigenvalue weighted by Gasteiger charge is 2.34. The number of nitrogens with zero attached hydrogens (tertiary/aromatic N) is 2. The minimum Gasteiger partial charge on any atom is -0.299 e. The van der Waals surface area contributed by atoms with Crippen molar-refractivity contribution in [1.82, 2.24) is 9.21 Å². The molecule has 0 bridgehead atoms. The van der Waals surface area contributed by atoms with Gasteiger partial charge in [0.1, 0.15) is 4.21 Å². The molecule has 2 aliphatic rings. The third-order valence-electron chi connectivity index (χ3n) is 4.34. The molecule has 2 fully saturated rings. The largest absolute Gasteiger partial charge is 0.299 e. The number of halogens is 1. The van der Waals surface area contributed by atoms with Gasteiger partial charge in [-0.15, -0.1) is 22.9 Å². The Morgan fingerprint density at radius 2 is 2.05 bits per heavy atom. The van der Waals surface area contributed by atoms with Crippen LogP contribution < -0.4 is 0 Å². The van der Waals surface area contributed by atoms with E-state index in [-0.39, 0.29) is 0 Å². The highest BCUT2D eigenvalue weighted by atomic mass is 35.5. The van der Waals surface area contributed by atoms with Crippen LogP contribution in [0.15, 0.2) is 16.3 Å². The molecule has 2 aliphatic heterocycles. The lowest BCUT2D eigenvalue weighted by Crippen LogP contribution is -2.39. The molecular weight excluding hydrogens is 328 g/mol. The average Bonchev–Trinajstić information content (AvgIpc) is 3.05. The van der Waals surface area contributed by atoms with Gasteiger partial charge in [0.05, 0.1) is 0 Å². The van der Waals surface area contributed by atoms with Gasteiger partial charge in [0.2, 0.25) is 0 Å². The first kappa shape index (κ1) is 15.7. The van der Waals surface area contributed by atoms with Gasteiger partial charge in [-0.05, 0) is 50.9 Å². The Labute approximate surface area is 135 Å². The van der Waals surface area contributed by atoms with E-state index in [1.165, 1.54) is 17.8 Å². The van der Waals surface area contributed by atoms with Crippen LogP contribution in [0.2, 0.25) is 0 Å². The average molecular weight is 349 g/mol. The van der Waals surface area contributed by atoms with Crippen LogP contribution in [0.1, 0.15) is 24.1 Å². The fourth-order valence-electron chi connectivity index (χ4n) is 3.24. The minimum absolute atomic E-state index is 0.407. The summed E-state index contributed by atoms with van der Waals surface area (Å²) >= 11 is 7.09. The van der Waals surface area contributed by atoms with Crippen molar-refractivity contribution in [3.63, 3.8) is 0 Å². The van der Waals surface area contributed by atoms with E-state index in [4.69, 9.17) is 11.6 Å². The number of thiophene rings is 1. The molecule has 0 N–H and O–H groups in total. The molecule has 0 aliphatic carbocycles. The zero-order chi connectivity index (χ0) is 14.9. The third-order valence-corrected chi connectivity index (χ3v) is 8.00. The normalized spacial score (nSPS) is 24.9. The van der Waals surface area contributed by atoms with Crippen LogP contribution in [0.4, 0.5) is 0 Å². The van der Waals surface area contributed by atoms with Gasteiger partial charge in [-0.25, -0.2) is 8.42 Å². The summed E-state index contributed by atoms with van der Waals surface area (Å²) in [5.41, 5.74) is 0. The summed E-state index contributed by atoms with van der Waals surface area (Å²) in [6.07, 6.45) is 3.97. The van der Waals surface area contributed by atoms with Crippen molar-refractivity contribution in [2.45, 2.75) is 35.9 Å². The van der Waals surface area contributed by atoms with Crippen molar-refractivity contribution in [2.75, 3.05) is 32.1 Å². The van der Waals surface area contributed by atoms with Gasteiger partial charge in [-0.3, -0.25) is 4.90 Å². The molecule has 0 amide bonds. The third kappa shape index (κ3) is 3.29. The Bertz CT molecular complexity index is 588. The van der Waals surface area contributed by atoms with Gasteiger partial charge < -0.3 is 0 Å². The molecule has 118 valence electrons. The maximum Gasteiger partial charge on any atom is 0.252 e. The van der Waals surface area contributed by atoms with Gasteiger partial charge in [0, 0.05) is 29.9 Å². The van der Waals surface area contributed by atoms with Crippen LogP contribution in [-0.2, 0) is 16.4 Å². The monoisotopic (exact) mass is 348 g/mol. The van der Waals surface area contributed by atoms with E-state index >= 15 is 0 Å². The Kier molecular flexibility index (Phi) is 4.90. The van der Waals surface area contributed by atoms with Crippen LogP contribution in [0.25, 0.3) is 0 Å². The van der Waals surface area contributed by atoms with Crippen LogP contribution >= 0.6 is 22.9 Å². The van der Waals surface area contributed by atoms with Crippen LogP contribution in [0.5, 0.6) is 0 Å². The number of alkyl halides is 1. The van der Waals surface area contributed by atoms with Crippen LogP contribution in [0, 0.1) is 0 Å². The topological polar surface area (TPSA) is 40.6 Å². The highest BCUT2D eigenvalue weighted by molar-refractivity contribution is 7.91. The number of sulfonamides is 1. The zero-order valence-corrected chi connectivity index (χ0v) is 14.4. The number of hydrogen-bond donors (Lipinski definition) is 0. The summed E-state index contributed by atoms with van der Waals surface area (Å²) in [5, 5.41) is 0. The summed E-state index contributed by atoms with van der Waals surface area (Å²) < 4.78 is 27.8. The molecule has 0 radical (unpaired) electrons. The maximum atomic E-state index is 12.8. The molecule has 1 aromatic rings. The Balaban J connectivity index is 1.79. The lowest BCUT2D eigenvalue weighted by Gasteiger charge is -2.24. The van der Waals surface area contributed by atoms with E-state index in [1.54, 1.807) is 10.4 Å². The zero-order valence-electron chi connectivity index (χ0n) is 12.0. The SMILES string of the molecule is O=S(=O)(c1ccc(CCCl)s1)N1CCCN2CCCC2C1. The first-order chi connectivity index (χ1) is 10.1.